The number of nitrogens with one attached hydrogen (secondary N) is 1. The second-order valence-corrected chi connectivity index (χ2v) is 9.92. The van der Waals surface area contributed by atoms with E-state index in [-0.39, 0.29) is 22.1 Å². The first-order chi connectivity index (χ1) is 14.1. The van der Waals surface area contributed by atoms with E-state index in [4.69, 9.17) is 0 Å². The number of carbonyl (C=O) groups is 1. The monoisotopic (exact) mass is 429 g/mol. The van der Waals surface area contributed by atoms with Gasteiger partial charge in [0.25, 0.3) is 5.56 Å². The highest BCUT2D eigenvalue weighted by atomic mass is 32.2. The molecule has 30 heavy (non-hydrogen) atoms. The maximum absolute atomic E-state index is 13.1. The highest BCUT2D eigenvalue weighted by Gasteiger charge is 2.21. The van der Waals surface area contributed by atoms with Crippen molar-refractivity contribution < 1.29 is 4.79 Å². The Balaban J connectivity index is 2.26. The maximum Gasteiger partial charge on any atom is 0.257 e. The molecule has 1 amide bonds. The number of nitrogens with zero attached hydrogens (tertiary/aromatic N) is 2. The van der Waals surface area contributed by atoms with E-state index in [1.165, 1.54) is 17.3 Å². The number of benzene rings is 1. The second-order valence-electron chi connectivity index (χ2n) is 8.75. The molecule has 164 valence electrons. The number of carbonyl (C=O) groups excluding carboxylic acids is 1. The highest BCUT2D eigenvalue weighted by Crippen LogP contribution is 2.25. The number of thioether (sulfide) groups is 1. The molecule has 2 aromatic rings. The van der Waals surface area contributed by atoms with Gasteiger partial charge in [-0.3, -0.25) is 14.2 Å². The first-order valence-electron chi connectivity index (χ1n) is 10.7. The van der Waals surface area contributed by atoms with Crippen molar-refractivity contribution in [1.82, 2.24) is 14.9 Å². The molecule has 0 spiro atoms. The topological polar surface area (TPSA) is 64.0 Å². The normalized spacial score (nSPS) is 12.6. The smallest absolute Gasteiger partial charge is 0.257 e. The molecule has 0 radical (unpaired) electrons. The van der Waals surface area contributed by atoms with Gasteiger partial charge in [-0.05, 0) is 36.3 Å². The van der Waals surface area contributed by atoms with E-state index >= 15 is 0 Å². The summed E-state index contributed by atoms with van der Waals surface area (Å²) in [6, 6.07) is 8.45. The van der Waals surface area contributed by atoms with Crippen molar-refractivity contribution in [3.63, 3.8) is 0 Å². The van der Waals surface area contributed by atoms with E-state index in [9.17, 15) is 9.59 Å². The Kier molecular flexibility index (Phi) is 8.30. The fourth-order valence-corrected chi connectivity index (χ4v) is 4.22. The van der Waals surface area contributed by atoms with Crippen LogP contribution in [-0.4, -0.2) is 27.3 Å². The van der Waals surface area contributed by atoms with Crippen molar-refractivity contribution in [1.29, 1.82) is 0 Å². The zero-order valence-electron chi connectivity index (χ0n) is 19.3. The van der Waals surface area contributed by atoms with Gasteiger partial charge in [-0.2, -0.15) is 0 Å². The average Bonchev–Trinajstić information content (AvgIpc) is 2.70. The van der Waals surface area contributed by atoms with Gasteiger partial charge in [0.15, 0.2) is 5.16 Å². The number of hydrogen-bond acceptors (Lipinski definition) is 4. The Hall–Kier alpha value is -2.08. The van der Waals surface area contributed by atoms with Gasteiger partial charge in [0, 0.05) is 31.3 Å². The van der Waals surface area contributed by atoms with E-state index in [1.807, 2.05) is 20.8 Å². The highest BCUT2D eigenvalue weighted by molar-refractivity contribution is 8.00. The van der Waals surface area contributed by atoms with Crippen LogP contribution in [0.3, 0.4) is 0 Å². The van der Waals surface area contributed by atoms with Gasteiger partial charge in [-0.25, -0.2) is 4.98 Å². The lowest BCUT2D eigenvalue weighted by Gasteiger charge is -2.19. The standard InChI is InChI=1S/C24H35N3O2S/c1-8-14-25-21(28)20(9-2)30-23-26-16(3)19(22(29)27(23)7)15-17-10-12-18(13-11-17)24(4,5)6/h10-13,20H,8-9,14-15H2,1-7H3,(H,25,28). The summed E-state index contributed by atoms with van der Waals surface area (Å²) in [7, 11) is 1.74. The van der Waals surface area contributed by atoms with E-state index in [0.29, 0.717) is 30.1 Å². The van der Waals surface area contributed by atoms with Crippen LogP contribution in [0.4, 0.5) is 0 Å². The van der Waals surface area contributed by atoms with Gasteiger partial charge in [0.2, 0.25) is 5.91 Å². The summed E-state index contributed by atoms with van der Waals surface area (Å²) in [6.45, 7) is 13.1. The lowest BCUT2D eigenvalue weighted by atomic mass is 9.86. The van der Waals surface area contributed by atoms with Gasteiger partial charge in [0.1, 0.15) is 0 Å². The zero-order valence-corrected chi connectivity index (χ0v) is 20.2. The van der Waals surface area contributed by atoms with E-state index < -0.39 is 0 Å². The average molecular weight is 430 g/mol. The molecule has 0 saturated heterocycles. The Morgan fingerprint density at radius 2 is 1.83 bits per heavy atom. The molecule has 1 unspecified atom stereocenters. The van der Waals surface area contributed by atoms with Crippen molar-refractivity contribution in [2.75, 3.05) is 6.54 Å². The number of amides is 1. The fraction of sp³-hybridized carbons (Fsp3) is 0.542. The van der Waals surface area contributed by atoms with Crippen molar-refractivity contribution in [2.45, 2.75) is 76.6 Å². The molecule has 1 N–H and O–H groups in total. The summed E-state index contributed by atoms with van der Waals surface area (Å²) >= 11 is 1.36. The van der Waals surface area contributed by atoms with Crippen LogP contribution in [0, 0.1) is 6.92 Å². The van der Waals surface area contributed by atoms with Gasteiger partial charge in [-0.1, -0.05) is 70.6 Å². The SMILES string of the molecule is CCCNC(=O)C(CC)Sc1nc(C)c(Cc2ccc(C(C)(C)C)cc2)c(=O)n1C. The van der Waals surface area contributed by atoms with Crippen LogP contribution >= 0.6 is 11.8 Å². The summed E-state index contributed by atoms with van der Waals surface area (Å²) in [4.78, 5) is 30.1. The molecule has 0 bridgehead atoms. The van der Waals surface area contributed by atoms with Crippen molar-refractivity contribution in [3.05, 3.63) is 57.0 Å². The first-order valence-corrected chi connectivity index (χ1v) is 11.6. The molecule has 1 heterocycles. The molecule has 1 aromatic heterocycles. The molecule has 0 aliphatic carbocycles. The minimum atomic E-state index is -0.259. The van der Waals surface area contributed by atoms with Crippen LogP contribution in [-0.2, 0) is 23.7 Å². The van der Waals surface area contributed by atoms with Crippen molar-refractivity contribution >= 4 is 17.7 Å². The summed E-state index contributed by atoms with van der Waals surface area (Å²) in [5.41, 5.74) is 3.85. The summed E-state index contributed by atoms with van der Waals surface area (Å²) < 4.78 is 1.58. The predicted octanol–water partition coefficient (Wildman–Crippen LogP) is 4.37. The third kappa shape index (κ3) is 5.97. The van der Waals surface area contributed by atoms with E-state index in [2.05, 4.69) is 55.3 Å². The predicted molar refractivity (Wildman–Crippen MR) is 125 cm³/mol. The Morgan fingerprint density at radius 3 is 2.37 bits per heavy atom. The zero-order chi connectivity index (χ0) is 22.5. The Bertz CT molecular complexity index is 927. The molecule has 2 rings (SSSR count). The number of rotatable bonds is 8. The minimum Gasteiger partial charge on any atom is -0.355 e. The number of aromatic nitrogens is 2. The van der Waals surface area contributed by atoms with Gasteiger partial charge >= 0.3 is 0 Å². The van der Waals surface area contributed by atoms with Crippen LogP contribution < -0.4 is 10.9 Å². The maximum atomic E-state index is 13.1. The summed E-state index contributed by atoms with van der Waals surface area (Å²) in [5.74, 6) is -0.000679. The van der Waals surface area contributed by atoms with Crippen LogP contribution in [0.2, 0.25) is 0 Å². The molecule has 0 aliphatic rings. The van der Waals surface area contributed by atoms with E-state index in [1.54, 1.807) is 11.6 Å². The lowest BCUT2D eigenvalue weighted by Crippen LogP contribution is -2.34. The second kappa shape index (κ2) is 10.3. The Morgan fingerprint density at radius 1 is 1.20 bits per heavy atom. The third-order valence-electron chi connectivity index (χ3n) is 5.21. The van der Waals surface area contributed by atoms with Crippen LogP contribution in [0.1, 0.15) is 69.8 Å². The molecular formula is C24H35N3O2S. The van der Waals surface area contributed by atoms with Gasteiger partial charge in [-0.15, -0.1) is 0 Å². The van der Waals surface area contributed by atoms with Gasteiger partial charge < -0.3 is 5.32 Å². The number of aryl methyl sites for hydroxylation is 1. The summed E-state index contributed by atoms with van der Waals surface area (Å²) in [6.07, 6.45) is 2.13. The number of hydrogen-bond donors (Lipinski definition) is 1. The Labute approximate surface area is 184 Å². The van der Waals surface area contributed by atoms with Crippen LogP contribution in [0.5, 0.6) is 0 Å². The fourth-order valence-electron chi connectivity index (χ4n) is 3.18. The molecule has 6 heteroatoms. The molecule has 1 aromatic carbocycles. The molecule has 0 aliphatic heterocycles. The van der Waals surface area contributed by atoms with Crippen LogP contribution in [0.25, 0.3) is 0 Å². The van der Waals surface area contributed by atoms with Crippen molar-refractivity contribution in [2.24, 2.45) is 7.05 Å². The summed E-state index contributed by atoms with van der Waals surface area (Å²) in [5, 5.41) is 3.26. The first kappa shape index (κ1) is 24.2. The quantitative estimate of drug-likeness (QED) is 0.500. The van der Waals surface area contributed by atoms with E-state index in [0.717, 1.165) is 17.7 Å². The minimum absolute atomic E-state index is 0.000679. The van der Waals surface area contributed by atoms with Crippen molar-refractivity contribution in [3.8, 4) is 0 Å². The lowest BCUT2D eigenvalue weighted by molar-refractivity contribution is -0.120. The molecule has 1 atom stereocenters. The van der Waals surface area contributed by atoms with Gasteiger partial charge in [0.05, 0.1) is 5.25 Å². The largest absolute Gasteiger partial charge is 0.355 e. The molecular weight excluding hydrogens is 394 g/mol. The molecule has 5 nitrogen and oxygen atoms in total. The van der Waals surface area contributed by atoms with Crippen LogP contribution in [0.15, 0.2) is 34.2 Å². The molecule has 0 fully saturated rings. The third-order valence-corrected chi connectivity index (χ3v) is 6.62. The molecule has 0 saturated carbocycles.